The molecule has 0 bridgehead atoms. The van der Waals surface area contributed by atoms with Crippen LogP contribution in [0.3, 0.4) is 0 Å². The maximum Gasteiger partial charge on any atom is 0.335 e. The van der Waals surface area contributed by atoms with E-state index < -0.39 is 29.1 Å². The van der Waals surface area contributed by atoms with Crippen LogP contribution in [0, 0.1) is 22.7 Å². The molecule has 2 amide bonds. The van der Waals surface area contributed by atoms with Gasteiger partial charge in [0.15, 0.2) is 0 Å². The highest BCUT2D eigenvalue weighted by Gasteiger charge is 2.69. The maximum atomic E-state index is 12.5. The highest BCUT2D eigenvalue weighted by atomic mass is 16.4. The highest BCUT2D eigenvalue weighted by molar-refractivity contribution is 5.87. The van der Waals surface area contributed by atoms with Crippen LogP contribution in [-0.4, -0.2) is 45.3 Å². The lowest BCUT2D eigenvalue weighted by atomic mass is 9.42. The Kier molecular flexibility index (Phi) is 6.36. The zero-order valence-corrected chi connectivity index (χ0v) is 21.9. The molecule has 0 aromatic carbocycles. The van der Waals surface area contributed by atoms with E-state index in [1.807, 2.05) is 6.07 Å². The first-order valence-electron chi connectivity index (χ1n) is 13.7. The van der Waals surface area contributed by atoms with Crippen molar-refractivity contribution < 1.29 is 24.2 Å². The van der Waals surface area contributed by atoms with Crippen molar-refractivity contribution in [2.24, 2.45) is 34.1 Å². The van der Waals surface area contributed by atoms with Crippen LogP contribution >= 0.6 is 0 Å². The SMILES string of the molecule is C[C@]12CC[C@H](NC(=O)[C@@H](N)CC(N)=O)C[C@@]1(O)CC[C@@H]1[C@@H]2CC[C@]2(C)[C@@H](c3ccc(=O)oc3)CC[C@]12O. The second kappa shape index (κ2) is 8.92. The molecule has 9 atom stereocenters. The molecule has 0 aliphatic heterocycles. The summed E-state index contributed by atoms with van der Waals surface area (Å²) in [5.41, 5.74) is 9.10. The lowest BCUT2D eigenvalue weighted by Gasteiger charge is -2.66. The second-order valence-electron chi connectivity index (χ2n) is 12.8. The standard InChI is InChI=1S/C28H41N3O6/c1-25-9-5-17(31-24(34)21(29)13-22(30)32)14-27(25,35)11-7-20-19(25)6-10-26(2)18(8-12-28(20,26)36)16-3-4-23(33)37-15-16/h3-4,15,17-21,35-36H,5-14,29H2,1-2H3,(H2,30,32)(H,31,34)/t17-,18+,19-,20+,21-,25+,26+,27-,28-/m0/s1. The van der Waals surface area contributed by atoms with Crippen molar-refractivity contribution in [3.8, 4) is 0 Å². The number of rotatable bonds is 5. The number of nitrogens with one attached hydrogen (secondary N) is 1. The van der Waals surface area contributed by atoms with Gasteiger partial charge in [-0.1, -0.05) is 13.8 Å². The molecule has 7 N–H and O–H groups in total. The van der Waals surface area contributed by atoms with Crippen LogP contribution in [0.4, 0.5) is 0 Å². The minimum absolute atomic E-state index is 0.0763. The molecule has 0 spiro atoms. The number of primary amides is 1. The molecule has 1 aromatic rings. The van der Waals surface area contributed by atoms with E-state index in [2.05, 4.69) is 19.2 Å². The quantitative estimate of drug-likeness (QED) is 0.397. The average molecular weight is 516 g/mol. The minimum Gasteiger partial charge on any atom is -0.431 e. The summed E-state index contributed by atoms with van der Waals surface area (Å²) in [6, 6.07) is 2.09. The Morgan fingerprint density at radius 2 is 1.76 bits per heavy atom. The Bertz CT molecular complexity index is 1120. The minimum atomic E-state index is -0.991. The number of fused-ring (bicyclic) bond motifs is 5. The first kappa shape index (κ1) is 26.4. The predicted octanol–water partition coefficient (Wildman–Crippen LogP) is 1.68. The number of carbonyl (C=O) groups excluding carboxylic acids is 2. The number of hydrogen-bond donors (Lipinski definition) is 5. The van der Waals surface area contributed by atoms with Gasteiger partial charge in [0, 0.05) is 17.5 Å². The van der Waals surface area contributed by atoms with Crippen molar-refractivity contribution in [2.75, 3.05) is 0 Å². The third kappa shape index (κ3) is 3.96. The fraction of sp³-hybridized carbons (Fsp3) is 0.750. The van der Waals surface area contributed by atoms with E-state index >= 15 is 0 Å². The molecule has 37 heavy (non-hydrogen) atoms. The Morgan fingerprint density at radius 3 is 2.43 bits per heavy atom. The Hall–Kier alpha value is -2.23. The van der Waals surface area contributed by atoms with Crippen LogP contribution < -0.4 is 22.4 Å². The largest absolute Gasteiger partial charge is 0.431 e. The molecule has 5 rings (SSSR count). The monoisotopic (exact) mass is 515 g/mol. The molecule has 9 nitrogen and oxygen atoms in total. The molecular formula is C28H41N3O6. The summed E-state index contributed by atoms with van der Waals surface area (Å²) in [4.78, 5) is 35.2. The number of aliphatic hydroxyl groups is 2. The van der Waals surface area contributed by atoms with E-state index in [9.17, 15) is 24.6 Å². The third-order valence-electron chi connectivity index (χ3n) is 11.2. The van der Waals surface area contributed by atoms with Gasteiger partial charge in [-0.2, -0.15) is 0 Å². The topological polar surface area (TPSA) is 169 Å². The Labute approximate surface area is 217 Å². The van der Waals surface area contributed by atoms with Gasteiger partial charge in [-0.15, -0.1) is 0 Å². The normalized spacial score (nSPS) is 43.7. The van der Waals surface area contributed by atoms with E-state index in [0.29, 0.717) is 25.7 Å². The van der Waals surface area contributed by atoms with Crippen LogP contribution in [-0.2, 0) is 9.59 Å². The van der Waals surface area contributed by atoms with Gasteiger partial charge in [-0.25, -0.2) is 4.79 Å². The van der Waals surface area contributed by atoms with Crippen molar-refractivity contribution in [3.05, 3.63) is 34.4 Å². The van der Waals surface area contributed by atoms with Gasteiger partial charge in [0.2, 0.25) is 11.8 Å². The van der Waals surface area contributed by atoms with Crippen LogP contribution in [0.25, 0.3) is 0 Å². The smallest absolute Gasteiger partial charge is 0.335 e. The van der Waals surface area contributed by atoms with Crippen LogP contribution in [0.5, 0.6) is 0 Å². The van der Waals surface area contributed by atoms with Crippen LogP contribution in [0.2, 0.25) is 0 Å². The Morgan fingerprint density at radius 1 is 1.05 bits per heavy atom. The van der Waals surface area contributed by atoms with E-state index in [1.165, 1.54) is 6.07 Å². The van der Waals surface area contributed by atoms with Crippen molar-refractivity contribution in [1.82, 2.24) is 5.32 Å². The molecule has 4 aliphatic rings. The molecular weight excluding hydrogens is 474 g/mol. The average Bonchev–Trinajstić information content (AvgIpc) is 3.11. The lowest BCUT2D eigenvalue weighted by Crippen LogP contribution is -2.68. The number of nitrogens with two attached hydrogens (primary N) is 2. The third-order valence-corrected chi connectivity index (χ3v) is 11.2. The van der Waals surface area contributed by atoms with Gasteiger partial charge in [-0.3, -0.25) is 9.59 Å². The fourth-order valence-electron chi connectivity index (χ4n) is 9.07. The Balaban J connectivity index is 1.35. The molecule has 1 aromatic heterocycles. The maximum absolute atomic E-state index is 12.5. The van der Waals surface area contributed by atoms with E-state index in [-0.39, 0.29) is 46.7 Å². The van der Waals surface area contributed by atoms with E-state index in [0.717, 1.165) is 37.7 Å². The summed E-state index contributed by atoms with van der Waals surface area (Å²) in [7, 11) is 0. The zero-order valence-electron chi connectivity index (χ0n) is 21.9. The fourth-order valence-corrected chi connectivity index (χ4v) is 9.07. The van der Waals surface area contributed by atoms with E-state index in [1.54, 1.807) is 6.26 Å². The highest BCUT2D eigenvalue weighted by Crippen LogP contribution is 2.71. The number of carbonyl (C=O) groups is 2. The van der Waals surface area contributed by atoms with E-state index in [4.69, 9.17) is 15.9 Å². The van der Waals surface area contributed by atoms with Gasteiger partial charge < -0.3 is 31.4 Å². The van der Waals surface area contributed by atoms with Gasteiger partial charge in [-0.05, 0) is 92.6 Å². The summed E-state index contributed by atoms with van der Waals surface area (Å²) in [5, 5.41) is 27.3. The van der Waals surface area contributed by atoms with Crippen LogP contribution in [0.1, 0.15) is 89.5 Å². The van der Waals surface area contributed by atoms with Gasteiger partial charge in [0.25, 0.3) is 0 Å². The van der Waals surface area contributed by atoms with Crippen molar-refractivity contribution in [1.29, 1.82) is 0 Å². The molecule has 4 aliphatic carbocycles. The van der Waals surface area contributed by atoms with Gasteiger partial charge >= 0.3 is 5.63 Å². The second-order valence-corrected chi connectivity index (χ2v) is 12.8. The zero-order chi connectivity index (χ0) is 26.8. The molecule has 4 fully saturated rings. The molecule has 0 saturated heterocycles. The lowest BCUT2D eigenvalue weighted by molar-refractivity contribution is -0.247. The molecule has 4 saturated carbocycles. The molecule has 9 heteroatoms. The summed E-state index contributed by atoms with van der Waals surface area (Å²) < 4.78 is 5.17. The number of hydrogen-bond acceptors (Lipinski definition) is 7. The summed E-state index contributed by atoms with van der Waals surface area (Å²) >= 11 is 0. The summed E-state index contributed by atoms with van der Waals surface area (Å²) in [5.74, 6) is -0.671. The van der Waals surface area contributed by atoms with Crippen molar-refractivity contribution >= 4 is 11.8 Å². The molecule has 0 unspecified atom stereocenters. The van der Waals surface area contributed by atoms with Gasteiger partial charge in [0.05, 0.1) is 29.9 Å². The first-order valence-corrected chi connectivity index (χ1v) is 13.7. The molecule has 1 heterocycles. The van der Waals surface area contributed by atoms with Crippen molar-refractivity contribution in [3.63, 3.8) is 0 Å². The van der Waals surface area contributed by atoms with Crippen molar-refractivity contribution in [2.45, 2.75) is 107 Å². The summed E-state index contributed by atoms with van der Waals surface area (Å²) in [6.07, 6.45) is 7.79. The van der Waals surface area contributed by atoms with Crippen LogP contribution in [0.15, 0.2) is 27.6 Å². The predicted molar refractivity (Wildman–Crippen MR) is 136 cm³/mol. The summed E-state index contributed by atoms with van der Waals surface area (Å²) in [6.45, 7) is 4.36. The number of amides is 2. The molecule has 204 valence electrons. The molecule has 0 radical (unpaired) electrons. The van der Waals surface area contributed by atoms with Gasteiger partial charge in [0.1, 0.15) is 0 Å². The first-order chi connectivity index (χ1) is 17.3.